The molecule has 150 valence electrons. The molecule has 29 heavy (non-hydrogen) atoms. The van der Waals surface area contributed by atoms with Crippen molar-refractivity contribution in [1.29, 1.82) is 0 Å². The summed E-state index contributed by atoms with van der Waals surface area (Å²) < 4.78 is 52.3. The number of benzene rings is 2. The molecular formula is C19H14F4N4O2. The average Bonchev–Trinajstić information content (AvgIpc) is 3.14. The van der Waals surface area contributed by atoms with E-state index in [0.717, 1.165) is 17.7 Å². The summed E-state index contributed by atoms with van der Waals surface area (Å²) in [6.45, 7) is 0.249. The molecule has 0 bridgehead atoms. The number of rotatable bonds is 5. The zero-order valence-electron chi connectivity index (χ0n) is 14.7. The molecular weight excluding hydrogens is 392 g/mol. The van der Waals surface area contributed by atoms with Gasteiger partial charge in [-0.25, -0.2) is 4.39 Å². The smallest absolute Gasteiger partial charge is 0.347 e. The molecule has 0 aliphatic heterocycles. The number of alkyl halides is 3. The minimum Gasteiger partial charge on any atom is -0.347 e. The monoisotopic (exact) mass is 406 g/mol. The Labute approximate surface area is 161 Å². The van der Waals surface area contributed by atoms with Gasteiger partial charge < -0.3 is 10.6 Å². The zero-order valence-corrected chi connectivity index (χ0v) is 14.7. The third-order valence-electron chi connectivity index (χ3n) is 3.89. The molecule has 6 nitrogen and oxygen atoms in total. The van der Waals surface area contributed by atoms with E-state index in [0.29, 0.717) is 0 Å². The maximum atomic E-state index is 13.2. The van der Waals surface area contributed by atoms with E-state index in [-0.39, 0.29) is 24.1 Å². The fourth-order valence-corrected chi connectivity index (χ4v) is 2.51. The summed E-state index contributed by atoms with van der Waals surface area (Å²) >= 11 is 0. The molecule has 2 amide bonds. The predicted octanol–water partition coefficient (Wildman–Crippen LogP) is 3.75. The standard InChI is InChI=1S/C19H14F4N4O2/c20-12-6-7-13(14(8-12)19(21,22)23)17(28)25-16-9-15(26-27-16)18(29)24-10-11-4-2-1-3-5-11/h1-9H,10H2,(H,24,29)(H2,25,26,27,28). The van der Waals surface area contributed by atoms with Gasteiger partial charge in [-0.2, -0.15) is 18.3 Å². The number of carbonyl (C=O) groups excluding carboxylic acids is 2. The van der Waals surface area contributed by atoms with Crippen LogP contribution in [0.15, 0.2) is 54.6 Å². The molecule has 0 saturated carbocycles. The van der Waals surface area contributed by atoms with Crippen LogP contribution in [0.1, 0.15) is 32.0 Å². The van der Waals surface area contributed by atoms with E-state index in [2.05, 4.69) is 20.8 Å². The molecule has 0 atom stereocenters. The fraction of sp³-hybridized carbons (Fsp3) is 0.105. The van der Waals surface area contributed by atoms with Crippen LogP contribution in [-0.2, 0) is 12.7 Å². The van der Waals surface area contributed by atoms with Gasteiger partial charge in [0.05, 0.1) is 11.1 Å². The van der Waals surface area contributed by atoms with Crippen molar-refractivity contribution in [2.24, 2.45) is 0 Å². The molecule has 0 aliphatic carbocycles. The summed E-state index contributed by atoms with van der Waals surface area (Å²) in [4.78, 5) is 24.3. The van der Waals surface area contributed by atoms with Crippen LogP contribution in [0.5, 0.6) is 0 Å². The lowest BCUT2D eigenvalue weighted by molar-refractivity contribution is -0.138. The number of carbonyl (C=O) groups is 2. The Hall–Kier alpha value is -3.69. The lowest BCUT2D eigenvalue weighted by Crippen LogP contribution is -2.23. The first kappa shape index (κ1) is 20.1. The lowest BCUT2D eigenvalue weighted by atomic mass is 10.1. The number of nitrogens with one attached hydrogen (secondary N) is 3. The second kappa shape index (κ2) is 8.13. The number of aromatic nitrogens is 2. The first-order valence-corrected chi connectivity index (χ1v) is 8.29. The number of H-pyrrole nitrogens is 1. The predicted molar refractivity (Wildman–Crippen MR) is 95.6 cm³/mol. The van der Waals surface area contributed by atoms with Crippen molar-refractivity contribution in [2.45, 2.75) is 12.7 Å². The van der Waals surface area contributed by atoms with Gasteiger partial charge in [0.1, 0.15) is 11.6 Å². The molecule has 0 radical (unpaired) electrons. The molecule has 0 saturated heterocycles. The fourth-order valence-electron chi connectivity index (χ4n) is 2.51. The summed E-state index contributed by atoms with van der Waals surface area (Å²) in [6.07, 6.45) is -4.91. The van der Waals surface area contributed by atoms with Crippen molar-refractivity contribution >= 4 is 17.6 Å². The Kier molecular flexibility index (Phi) is 5.62. The zero-order chi connectivity index (χ0) is 21.0. The molecule has 10 heteroatoms. The summed E-state index contributed by atoms with van der Waals surface area (Å²) in [7, 11) is 0. The highest BCUT2D eigenvalue weighted by atomic mass is 19.4. The number of anilines is 1. The van der Waals surface area contributed by atoms with Gasteiger partial charge in [-0.3, -0.25) is 14.7 Å². The van der Waals surface area contributed by atoms with E-state index in [1.54, 1.807) is 0 Å². The maximum absolute atomic E-state index is 13.2. The van der Waals surface area contributed by atoms with Gasteiger partial charge in [-0.05, 0) is 23.8 Å². The topological polar surface area (TPSA) is 86.9 Å². The summed E-state index contributed by atoms with van der Waals surface area (Å²) in [5.74, 6) is -2.87. The van der Waals surface area contributed by atoms with E-state index in [9.17, 15) is 27.2 Å². The van der Waals surface area contributed by atoms with Crippen LogP contribution in [0.3, 0.4) is 0 Å². The van der Waals surface area contributed by atoms with E-state index in [4.69, 9.17) is 0 Å². The Morgan fingerprint density at radius 1 is 1.00 bits per heavy atom. The van der Waals surface area contributed by atoms with Gasteiger partial charge >= 0.3 is 6.18 Å². The van der Waals surface area contributed by atoms with Crippen LogP contribution in [0.4, 0.5) is 23.4 Å². The highest BCUT2D eigenvalue weighted by Gasteiger charge is 2.35. The average molecular weight is 406 g/mol. The first-order chi connectivity index (χ1) is 13.7. The van der Waals surface area contributed by atoms with Crippen LogP contribution in [0, 0.1) is 5.82 Å². The number of hydrogen-bond acceptors (Lipinski definition) is 3. The highest BCUT2D eigenvalue weighted by molar-refractivity contribution is 6.05. The molecule has 0 spiro atoms. The minimum absolute atomic E-state index is 0.0635. The second-order valence-corrected chi connectivity index (χ2v) is 5.98. The van der Waals surface area contributed by atoms with Crippen molar-refractivity contribution in [2.75, 3.05) is 5.32 Å². The molecule has 0 unspecified atom stereocenters. The lowest BCUT2D eigenvalue weighted by Gasteiger charge is -2.12. The minimum atomic E-state index is -4.91. The van der Waals surface area contributed by atoms with Gasteiger partial charge in [0.2, 0.25) is 0 Å². The van der Waals surface area contributed by atoms with Crippen molar-refractivity contribution in [3.05, 3.63) is 82.8 Å². The van der Waals surface area contributed by atoms with Crippen molar-refractivity contribution in [3.63, 3.8) is 0 Å². The summed E-state index contributed by atoms with van der Waals surface area (Å²) in [5.41, 5.74) is -1.37. The summed E-state index contributed by atoms with van der Waals surface area (Å²) in [5, 5.41) is 10.9. The second-order valence-electron chi connectivity index (χ2n) is 5.98. The normalized spacial score (nSPS) is 11.2. The SMILES string of the molecule is O=C(NCc1ccccc1)c1cc(NC(=O)c2ccc(F)cc2C(F)(F)F)[nH]n1. The molecule has 1 heterocycles. The van der Waals surface area contributed by atoms with Crippen molar-refractivity contribution in [1.82, 2.24) is 15.5 Å². The number of aromatic amines is 1. The maximum Gasteiger partial charge on any atom is 0.417 e. The third-order valence-corrected chi connectivity index (χ3v) is 3.89. The van der Waals surface area contributed by atoms with Crippen LogP contribution in [0.25, 0.3) is 0 Å². The highest BCUT2D eigenvalue weighted by Crippen LogP contribution is 2.32. The van der Waals surface area contributed by atoms with E-state index < -0.39 is 34.9 Å². The Morgan fingerprint density at radius 2 is 1.72 bits per heavy atom. The molecule has 1 aromatic heterocycles. The number of amides is 2. The van der Waals surface area contributed by atoms with Crippen LogP contribution < -0.4 is 10.6 Å². The Bertz CT molecular complexity index is 1030. The van der Waals surface area contributed by atoms with Crippen molar-refractivity contribution < 1.29 is 27.2 Å². The van der Waals surface area contributed by atoms with E-state index in [1.165, 1.54) is 6.07 Å². The molecule has 0 fully saturated rings. The third kappa shape index (κ3) is 4.98. The number of hydrogen-bond donors (Lipinski definition) is 3. The molecule has 3 rings (SSSR count). The van der Waals surface area contributed by atoms with Crippen LogP contribution in [-0.4, -0.2) is 22.0 Å². The Balaban J connectivity index is 1.69. The Morgan fingerprint density at radius 3 is 2.41 bits per heavy atom. The van der Waals surface area contributed by atoms with E-state index >= 15 is 0 Å². The molecule has 3 aromatic rings. The molecule has 0 aliphatic rings. The number of halogens is 4. The molecule has 2 aromatic carbocycles. The summed E-state index contributed by atoms with van der Waals surface area (Å²) in [6, 6.07) is 12.0. The first-order valence-electron chi connectivity index (χ1n) is 8.29. The van der Waals surface area contributed by atoms with E-state index in [1.807, 2.05) is 30.3 Å². The van der Waals surface area contributed by atoms with Crippen molar-refractivity contribution in [3.8, 4) is 0 Å². The van der Waals surface area contributed by atoms with Gasteiger partial charge in [0, 0.05) is 12.6 Å². The number of nitrogens with zero attached hydrogens (tertiary/aromatic N) is 1. The van der Waals surface area contributed by atoms with Gasteiger partial charge in [0.25, 0.3) is 11.8 Å². The quantitative estimate of drug-likeness (QED) is 0.564. The van der Waals surface area contributed by atoms with Gasteiger partial charge in [-0.15, -0.1) is 0 Å². The van der Waals surface area contributed by atoms with Crippen LogP contribution >= 0.6 is 0 Å². The molecule has 3 N–H and O–H groups in total. The largest absolute Gasteiger partial charge is 0.417 e. The van der Waals surface area contributed by atoms with Crippen LogP contribution in [0.2, 0.25) is 0 Å². The van der Waals surface area contributed by atoms with Gasteiger partial charge in [0.15, 0.2) is 5.69 Å². The van der Waals surface area contributed by atoms with Gasteiger partial charge in [-0.1, -0.05) is 30.3 Å².